The Bertz CT molecular complexity index is 465. The molecule has 96 valence electrons. The number of furan rings is 1. The van der Waals surface area contributed by atoms with E-state index in [1.54, 1.807) is 6.26 Å². The molecule has 1 aromatic carbocycles. The molecule has 0 saturated carbocycles. The van der Waals surface area contributed by atoms with Crippen LogP contribution >= 0.6 is 0 Å². The number of rotatable bonds is 6. The smallest absolute Gasteiger partial charge is 0.103 e. The molecular weight excluding hydrogens is 224 g/mol. The van der Waals surface area contributed by atoms with Gasteiger partial charge in [-0.15, -0.1) is 0 Å². The molecule has 0 bridgehead atoms. The molecule has 0 amide bonds. The third kappa shape index (κ3) is 3.45. The van der Waals surface area contributed by atoms with E-state index in [4.69, 9.17) is 10.3 Å². The van der Waals surface area contributed by atoms with Crippen molar-refractivity contribution >= 4 is 0 Å². The standard InChI is InChI=1S/C15H20N2O/c1-12-5-2-3-6-13(12)11-14(17-16)8-9-15-7-4-10-18-15/h2-7,10,14,17H,8-9,11,16H2,1H3. The molecule has 2 aromatic rings. The van der Waals surface area contributed by atoms with E-state index in [0.29, 0.717) is 0 Å². The second-order valence-electron chi connectivity index (χ2n) is 4.61. The van der Waals surface area contributed by atoms with Gasteiger partial charge in [0.1, 0.15) is 5.76 Å². The third-order valence-electron chi connectivity index (χ3n) is 3.28. The summed E-state index contributed by atoms with van der Waals surface area (Å²) in [6, 6.07) is 12.6. The Balaban J connectivity index is 1.91. The van der Waals surface area contributed by atoms with Gasteiger partial charge in [0.25, 0.3) is 0 Å². The van der Waals surface area contributed by atoms with Gasteiger partial charge in [0.15, 0.2) is 0 Å². The van der Waals surface area contributed by atoms with Crippen molar-refractivity contribution in [2.45, 2.75) is 32.2 Å². The molecule has 0 aliphatic carbocycles. The van der Waals surface area contributed by atoms with Crippen LogP contribution in [0.25, 0.3) is 0 Å². The summed E-state index contributed by atoms with van der Waals surface area (Å²) >= 11 is 0. The van der Waals surface area contributed by atoms with Crippen LogP contribution in [0.2, 0.25) is 0 Å². The molecule has 2 rings (SSSR count). The lowest BCUT2D eigenvalue weighted by molar-refractivity contribution is 0.447. The molecule has 0 saturated heterocycles. The zero-order valence-electron chi connectivity index (χ0n) is 10.7. The molecule has 0 radical (unpaired) electrons. The van der Waals surface area contributed by atoms with E-state index in [2.05, 4.69) is 36.6 Å². The van der Waals surface area contributed by atoms with Gasteiger partial charge in [-0.05, 0) is 43.0 Å². The summed E-state index contributed by atoms with van der Waals surface area (Å²) in [5.41, 5.74) is 5.56. The third-order valence-corrected chi connectivity index (χ3v) is 3.28. The van der Waals surface area contributed by atoms with Gasteiger partial charge >= 0.3 is 0 Å². The molecule has 0 fully saturated rings. The van der Waals surface area contributed by atoms with Crippen LogP contribution in [-0.2, 0) is 12.8 Å². The fourth-order valence-corrected chi connectivity index (χ4v) is 2.12. The molecule has 1 atom stereocenters. The lowest BCUT2D eigenvalue weighted by atomic mass is 9.98. The second-order valence-corrected chi connectivity index (χ2v) is 4.61. The summed E-state index contributed by atoms with van der Waals surface area (Å²) in [6.45, 7) is 2.13. The molecule has 0 aliphatic rings. The predicted octanol–water partition coefficient (Wildman–Crippen LogP) is 2.60. The van der Waals surface area contributed by atoms with Crippen molar-refractivity contribution in [1.29, 1.82) is 0 Å². The Hall–Kier alpha value is -1.58. The van der Waals surface area contributed by atoms with Crippen molar-refractivity contribution in [2.24, 2.45) is 5.84 Å². The first kappa shape index (κ1) is 12.9. The van der Waals surface area contributed by atoms with Gasteiger partial charge in [-0.3, -0.25) is 11.3 Å². The highest BCUT2D eigenvalue weighted by atomic mass is 16.3. The lowest BCUT2D eigenvalue weighted by Gasteiger charge is -2.16. The van der Waals surface area contributed by atoms with Crippen molar-refractivity contribution in [2.75, 3.05) is 0 Å². The molecule has 3 nitrogen and oxygen atoms in total. The Kier molecular flexibility index (Phi) is 4.56. The predicted molar refractivity (Wildman–Crippen MR) is 73.0 cm³/mol. The molecule has 3 heteroatoms. The van der Waals surface area contributed by atoms with Crippen LogP contribution in [0.15, 0.2) is 47.1 Å². The Morgan fingerprint density at radius 3 is 2.72 bits per heavy atom. The maximum absolute atomic E-state index is 5.63. The quantitative estimate of drug-likeness (QED) is 0.606. The van der Waals surface area contributed by atoms with Crippen LogP contribution in [0.5, 0.6) is 0 Å². The molecule has 1 heterocycles. The fraction of sp³-hybridized carbons (Fsp3) is 0.333. The van der Waals surface area contributed by atoms with Gasteiger partial charge in [0, 0.05) is 12.5 Å². The van der Waals surface area contributed by atoms with Crippen LogP contribution in [0.4, 0.5) is 0 Å². The number of hydrogen-bond acceptors (Lipinski definition) is 3. The summed E-state index contributed by atoms with van der Waals surface area (Å²) < 4.78 is 5.33. The average Bonchev–Trinajstić information content (AvgIpc) is 2.90. The minimum absolute atomic E-state index is 0.274. The summed E-state index contributed by atoms with van der Waals surface area (Å²) in [5.74, 6) is 6.64. The molecule has 1 unspecified atom stereocenters. The number of nitrogens with one attached hydrogen (secondary N) is 1. The van der Waals surface area contributed by atoms with E-state index in [1.165, 1.54) is 11.1 Å². The highest BCUT2D eigenvalue weighted by Crippen LogP contribution is 2.13. The first-order chi connectivity index (χ1) is 8.79. The number of benzene rings is 1. The van der Waals surface area contributed by atoms with Gasteiger partial charge in [0.05, 0.1) is 6.26 Å². The largest absolute Gasteiger partial charge is 0.469 e. The highest BCUT2D eigenvalue weighted by molar-refractivity contribution is 5.26. The summed E-state index contributed by atoms with van der Waals surface area (Å²) in [4.78, 5) is 0. The van der Waals surface area contributed by atoms with Crippen LogP contribution in [-0.4, -0.2) is 6.04 Å². The Labute approximate surface area is 108 Å². The molecule has 0 aliphatic heterocycles. The summed E-state index contributed by atoms with van der Waals surface area (Å²) in [6.07, 6.45) is 4.54. The van der Waals surface area contributed by atoms with Crippen LogP contribution < -0.4 is 11.3 Å². The highest BCUT2D eigenvalue weighted by Gasteiger charge is 2.10. The minimum Gasteiger partial charge on any atom is -0.469 e. The van der Waals surface area contributed by atoms with E-state index in [1.807, 2.05) is 12.1 Å². The topological polar surface area (TPSA) is 51.2 Å². The first-order valence-corrected chi connectivity index (χ1v) is 6.32. The van der Waals surface area contributed by atoms with Crippen molar-refractivity contribution in [3.8, 4) is 0 Å². The van der Waals surface area contributed by atoms with Crippen LogP contribution in [0.3, 0.4) is 0 Å². The van der Waals surface area contributed by atoms with Crippen molar-refractivity contribution in [3.63, 3.8) is 0 Å². The van der Waals surface area contributed by atoms with Crippen molar-refractivity contribution in [1.82, 2.24) is 5.43 Å². The minimum atomic E-state index is 0.274. The zero-order chi connectivity index (χ0) is 12.8. The monoisotopic (exact) mass is 244 g/mol. The first-order valence-electron chi connectivity index (χ1n) is 6.32. The fourth-order valence-electron chi connectivity index (χ4n) is 2.12. The van der Waals surface area contributed by atoms with Crippen LogP contribution in [0, 0.1) is 6.92 Å². The van der Waals surface area contributed by atoms with E-state index in [9.17, 15) is 0 Å². The van der Waals surface area contributed by atoms with Gasteiger partial charge in [0.2, 0.25) is 0 Å². The Morgan fingerprint density at radius 2 is 2.06 bits per heavy atom. The molecule has 18 heavy (non-hydrogen) atoms. The maximum atomic E-state index is 5.63. The van der Waals surface area contributed by atoms with Crippen molar-refractivity contribution < 1.29 is 4.42 Å². The molecular formula is C15H20N2O. The SMILES string of the molecule is Cc1ccccc1CC(CCc1ccco1)NN. The van der Waals surface area contributed by atoms with E-state index in [-0.39, 0.29) is 6.04 Å². The summed E-state index contributed by atoms with van der Waals surface area (Å²) in [5, 5.41) is 0. The number of hydrogen-bond donors (Lipinski definition) is 2. The Morgan fingerprint density at radius 1 is 1.22 bits per heavy atom. The van der Waals surface area contributed by atoms with Crippen LogP contribution in [0.1, 0.15) is 23.3 Å². The molecule has 1 aromatic heterocycles. The van der Waals surface area contributed by atoms with E-state index < -0.39 is 0 Å². The van der Waals surface area contributed by atoms with E-state index in [0.717, 1.165) is 25.0 Å². The normalized spacial score (nSPS) is 12.6. The van der Waals surface area contributed by atoms with Crippen molar-refractivity contribution in [3.05, 3.63) is 59.5 Å². The van der Waals surface area contributed by atoms with Gasteiger partial charge < -0.3 is 4.42 Å². The summed E-state index contributed by atoms with van der Waals surface area (Å²) in [7, 11) is 0. The molecule has 0 spiro atoms. The second kappa shape index (κ2) is 6.38. The average molecular weight is 244 g/mol. The maximum Gasteiger partial charge on any atom is 0.103 e. The lowest BCUT2D eigenvalue weighted by Crippen LogP contribution is -2.37. The van der Waals surface area contributed by atoms with Gasteiger partial charge in [-0.25, -0.2) is 0 Å². The number of nitrogens with two attached hydrogens (primary N) is 1. The van der Waals surface area contributed by atoms with Gasteiger partial charge in [-0.1, -0.05) is 24.3 Å². The number of hydrazine groups is 1. The number of aryl methyl sites for hydroxylation is 2. The van der Waals surface area contributed by atoms with Gasteiger partial charge in [-0.2, -0.15) is 0 Å². The van der Waals surface area contributed by atoms with E-state index >= 15 is 0 Å². The molecule has 3 N–H and O–H groups in total. The zero-order valence-corrected chi connectivity index (χ0v) is 10.7.